The van der Waals surface area contributed by atoms with Crippen molar-refractivity contribution in [3.8, 4) is 11.9 Å². The molecule has 0 aliphatic heterocycles. The minimum atomic E-state index is 0.180. The van der Waals surface area contributed by atoms with Crippen molar-refractivity contribution < 1.29 is 4.74 Å². The number of nitrogens with zero attached hydrogens (tertiary/aromatic N) is 2. The summed E-state index contributed by atoms with van der Waals surface area (Å²) < 4.78 is 5.12. The maximum Gasteiger partial charge on any atom is 0.217 e. The Bertz CT molecular complexity index is 346. The number of aromatic nitrogens is 1. The molecule has 0 aliphatic rings. The molecule has 4 heteroatoms. The van der Waals surface area contributed by atoms with Crippen molar-refractivity contribution in [1.29, 1.82) is 5.26 Å². The van der Waals surface area contributed by atoms with E-state index in [2.05, 4.69) is 16.4 Å². The van der Waals surface area contributed by atoms with E-state index in [1.807, 2.05) is 19.1 Å². The van der Waals surface area contributed by atoms with Crippen molar-refractivity contribution in [2.75, 3.05) is 7.11 Å². The molecule has 0 amide bonds. The topological polar surface area (TPSA) is 57.9 Å². The zero-order chi connectivity index (χ0) is 11.1. The van der Waals surface area contributed by atoms with Gasteiger partial charge < -0.3 is 10.1 Å². The highest BCUT2D eigenvalue weighted by Crippen LogP contribution is 2.13. The molecule has 0 fully saturated rings. The molecule has 0 aromatic carbocycles. The predicted octanol–water partition coefficient (Wildman–Crippen LogP) is 1.48. The SMILES string of the molecule is COc1ncccc1CNC(C)CC#N. The molecule has 0 radical (unpaired) electrons. The fourth-order valence-corrected chi connectivity index (χ4v) is 1.24. The Labute approximate surface area is 89.9 Å². The molecule has 4 nitrogen and oxygen atoms in total. The van der Waals surface area contributed by atoms with Crippen LogP contribution in [0.1, 0.15) is 18.9 Å². The Morgan fingerprint density at radius 2 is 2.47 bits per heavy atom. The van der Waals surface area contributed by atoms with Crippen molar-refractivity contribution in [3.05, 3.63) is 23.9 Å². The fourth-order valence-electron chi connectivity index (χ4n) is 1.24. The monoisotopic (exact) mass is 205 g/mol. The molecule has 0 aliphatic carbocycles. The first-order chi connectivity index (χ1) is 7.27. The van der Waals surface area contributed by atoms with Crippen LogP contribution in [0.4, 0.5) is 0 Å². The molecule has 0 bridgehead atoms. The first kappa shape index (κ1) is 11.5. The molecular formula is C11H15N3O. The van der Waals surface area contributed by atoms with E-state index in [-0.39, 0.29) is 6.04 Å². The highest BCUT2D eigenvalue weighted by atomic mass is 16.5. The molecule has 1 heterocycles. The molecule has 1 aromatic heterocycles. The number of ether oxygens (including phenoxy) is 1. The number of pyridine rings is 1. The molecule has 1 N–H and O–H groups in total. The van der Waals surface area contributed by atoms with Gasteiger partial charge in [-0.25, -0.2) is 4.98 Å². The molecule has 0 spiro atoms. The second-order valence-electron chi connectivity index (χ2n) is 3.32. The summed E-state index contributed by atoms with van der Waals surface area (Å²) in [6.07, 6.45) is 2.20. The van der Waals surface area contributed by atoms with Crippen LogP contribution < -0.4 is 10.1 Å². The first-order valence-corrected chi connectivity index (χ1v) is 4.86. The van der Waals surface area contributed by atoms with Crippen LogP contribution in [0.3, 0.4) is 0 Å². The van der Waals surface area contributed by atoms with E-state index in [4.69, 9.17) is 10.00 Å². The van der Waals surface area contributed by atoms with Crippen molar-refractivity contribution in [2.45, 2.75) is 25.9 Å². The van der Waals surface area contributed by atoms with Crippen molar-refractivity contribution >= 4 is 0 Å². The summed E-state index contributed by atoms with van der Waals surface area (Å²) in [7, 11) is 1.60. The third-order valence-corrected chi connectivity index (χ3v) is 2.08. The summed E-state index contributed by atoms with van der Waals surface area (Å²) in [6.45, 7) is 2.64. The Morgan fingerprint density at radius 1 is 1.67 bits per heavy atom. The van der Waals surface area contributed by atoms with Gasteiger partial charge in [0, 0.05) is 24.3 Å². The summed E-state index contributed by atoms with van der Waals surface area (Å²) in [5.74, 6) is 0.633. The summed E-state index contributed by atoms with van der Waals surface area (Å²) in [5.41, 5.74) is 1.00. The predicted molar refractivity (Wildman–Crippen MR) is 57.3 cm³/mol. The third-order valence-electron chi connectivity index (χ3n) is 2.08. The normalized spacial score (nSPS) is 11.8. The Hall–Kier alpha value is -1.60. The lowest BCUT2D eigenvalue weighted by Crippen LogP contribution is -2.25. The van der Waals surface area contributed by atoms with E-state index >= 15 is 0 Å². The maximum atomic E-state index is 8.51. The smallest absolute Gasteiger partial charge is 0.217 e. The quantitative estimate of drug-likeness (QED) is 0.791. The molecule has 0 saturated carbocycles. The van der Waals surface area contributed by atoms with Crippen LogP contribution in [0, 0.1) is 11.3 Å². The number of methoxy groups -OCH3 is 1. The highest BCUT2D eigenvalue weighted by molar-refractivity contribution is 5.25. The molecule has 15 heavy (non-hydrogen) atoms. The van der Waals surface area contributed by atoms with Crippen LogP contribution in [0.5, 0.6) is 5.88 Å². The molecule has 1 rings (SSSR count). The highest BCUT2D eigenvalue weighted by Gasteiger charge is 2.05. The van der Waals surface area contributed by atoms with Gasteiger partial charge in [0.05, 0.1) is 19.6 Å². The van der Waals surface area contributed by atoms with E-state index in [1.165, 1.54) is 0 Å². The lowest BCUT2D eigenvalue weighted by atomic mass is 10.2. The molecular weight excluding hydrogens is 190 g/mol. The van der Waals surface area contributed by atoms with Gasteiger partial charge in [0.15, 0.2) is 0 Å². The van der Waals surface area contributed by atoms with Gasteiger partial charge in [0.2, 0.25) is 5.88 Å². The van der Waals surface area contributed by atoms with Crippen molar-refractivity contribution in [1.82, 2.24) is 10.3 Å². The van der Waals surface area contributed by atoms with E-state index in [9.17, 15) is 0 Å². The molecule has 1 aromatic rings. The van der Waals surface area contributed by atoms with E-state index in [0.29, 0.717) is 18.8 Å². The average molecular weight is 205 g/mol. The van der Waals surface area contributed by atoms with Gasteiger partial charge in [-0.05, 0) is 13.0 Å². The zero-order valence-corrected chi connectivity index (χ0v) is 9.03. The van der Waals surface area contributed by atoms with Gasteiger partial charge in [-0.3, -0.25) is 0 Å². The first-order valence-electron chi connectivity index (χ1n) is 4.86. The van der Waals surface area contributed by atoms with Gasteiger partial charge >= 0.3 is 0 Å². The molecule has 80 valence electrons. The van der Waals surface area contributed by atoms with Crippen LogP contribution in [0.2, 0.25) is 0 Å². The van der Waals surface area contributed by atoms with Crippen LogP contribution >= 0.6 is 0 Å². The van der Waals surface area contributed by atoms with Crippen LogP contribution in [0.25, 0.3) is 0 Å². The summed E-state index contributed by atoms with van der Waals surface area (Å²) in [6, 6.07) is 6.13. The van der Waals surface area contributed by atoms with Crippen molar-refractivity contribution in [2.24, 2.45) is 0 Å². The van der Waals surface area contributed by atoms with Gasteiger partial charge in [-0.1, -0.05) is 6.07 Å². The van der Waals surface area contributed by atoms with Crippen molar-refractivity contribution in [3.63, 3.8) is 0 Å². The van der Waals surface area contributed by atoms with Gasteiger partial charge in [-0.2, -0.15) is 5.26 Å². The molecule has 1 unspecified atom stereocenters. The largest absolute Gasteiger partial charge is 0.481 e. The summed E-state index contributed by atoms with van der Waals surface area (Å²) >= 11 is 0. The number of rotatable bonds is 5. The third kappa shape index (κ3) is 3.56. The van der Waals surface area contributed by atoms with Crippen LogP contribution in [0.15, 0.2) is 18.3 Å². The standard InChI is InChI=1S/C11H15N3O/c1-9(5-6-12)14-8-10-4-3-7-13-11(10)15-2/h3-4,7,9,14H,5,8H2,1-2H3. The summed E-state index contributed by atoms with van der Waals surface area (Å²) in [4.78, 5) is 4.09. The zero-order valence-electron chi connectivity index (χ0n) is 9.03. The average Bonchev–Trinajstić information content (AvgIpc) is 2.27. The summed E-state index contributed by atoms with van der Waals surface area (Å²) in [5, 5.41) is 11.7. The van der Waals surface area contributed by atoms with Crippen LogP contribution in [-0.4, -0.2) is 18.1 Å². The second kappa shape index (κ2) is 5.99. The fraction of sp³-hybridized carbons (Fsp3) is 0.455. The Kier molecular flexibility index (Phi) is 4.58. The number of nitrogens with one attached hydrogen (secondary N) is 1. The lowest BCUT2D eigenvalue weighted by molar-refractivity contribution is 0.389. The molecule has 1 atom stereocenters. The van der Waals surface area contributed by atoms with E-state index in [1.54, 1.807) is 13.3 Å². The minimum absolute atomic E-state index is 0.180. The van der Waals surface area contributed by atoms with E-state index < -0.39 is 0 Å². The van der Waals surface area contributed by atoms with Gasteiger partial charge in [0.25, 0.3) is 0 Å². The number of hydrogen-bond donors (Lipinski definition) is 1. The van der Waals surface area contributed by atoms with Gasteiger partial charge in [-0.15, -0.1) is 0 Å². The number of nitriles is 1. The minimum Gasteiger partial charge on any atom is -0.481 e. The second-order valence-corrected chi connectivity index (χ2v) is 3.32. The lowest BCUT2D eigenvalue weighted by Gasteiger charge is -2.11. The maximum absolute atomic E-state index is 8.51. The van der Waals surface area contributed by atoms with Crippen LogP contribution in [-0.2, 0) is 6.54 Å². The van der Waals surface area contributed by atoms with E-state index in [0.717, 1.165) is 5.56 Å². The number of hydrogen-bond acceptors (Lipinski definition) is 4. The Balaban J connectivity index is 2.54. The molecule has 0 saturated heterocycles. The Morgan fingerprint density at radius 3 is 3.13 bits per heavy atom. The van der Waals surface area contributed by atoms with Gasteiger partial charge in [0.1, 0.15) is 0 Å².